The summed E-state index contributed by atoms with van der Waals surface area (Å²) in [6.45, 7) is 2.58. The maximum atomic E-state index is 14.0. The molecule has 0 saturated heterocycles. The molecule has 0 saturated carbocycles. The second kappa shape index (κ2) is 9.37. The van der Waals surface area contributed by atoms with Crippen LogP contribution in [-0.2, 0) is 21.0 Å². The first-order valence-electron chi connectivity index (χ1n) is 10.8. The number of phenols is 1. The maximum Gasteiger partial charge on any atom is 0.417 e. The number of carbonyl (C=O) groups is 1. The Morgan fingerprint density at radius 1 is 0.947 bits per heavy atom. The van der Waals surface area contributed by atoms with E-state index in [4.69, 9.17) is 0 Å². The monoisotopic (exact) mass is 548 g/mol. The summed E-state index contributed by atoms with van der Waals surface area (Å²) in [4.78, 5) is 38.8. The second-order valence-corrected chi connectivity index (χ2v) is 10.00. The number of hydrogen-bond acceptors (Lipinski definition) is 6. The van der Waals surface area contributed by atoms with Crippen LogP contribution in [0.15, 0.2) is 63.0 Å². The van der Waals surface area contributed by atoms with Gasteiger partial charge < -0.3 is 20.4 Å². The molecule has 3 aromatic carbocycles. The van der Waals surface area contributed by atoms with Crippen LogP contribution in [0.3, 0.4) is 0 Å². The summed E-state index contributed by atoms with van der Waals surface area (Å²) < 4.78 is 70.3. The number of aromatic hydroxyl groups is 1. The number of H-pyrrole nitrogens is 2. The number of fused-ring (bicyclic) bond motifs is 1. The molecular formula is C24H19F3N4O6S. The Kier molecular flexibility index (Phi) is 6.53. The molecule has 0 aliphatic rings. The molecule has 0 unspecified atom stereocenters. The Labute approximate surface area is 212 Å². The molecule has 0 fully saturated rings. The van der Waals surface area contributed by atoms with Crippen molar-refractivity contribution in [2.75, 3.05) is 10.0 Å². The zero-order valence-corrected chi connectivity index (χ0v) is 20.5. The summed E-state index contributed by atoms with van der Waals surface area (Å²) in [5.74, 6) is -0.893. The molecule has 0 bridgehead atoms. The van der Waals surface area contributed by atoms with E-state index in [0.717, 1.165) is 30.3 Å². The molecule has 10 nitrogen and oxygen atoms in total. The predicted molar refractivity (Wildman–Crippen MR) is 134 cm³/mol. The number of anilines is 2. The van der Waals surface area contributed by atoms with Crippen LogP contribution in [0.25, 0.3) is 22.2 Å². The van der Waals surface area contributed by atoms with E-state index in [-0.39, 0.29) is 44.1 Å². The van der Waals surface area contributed by atoms with Crippen LogP contribution in [0, 0.1) is 6.92 Å². The first kappa shape index (κ1) is 26.5. The smallest absolute Gasteiger partial charge is 0.417 e. The van der Waals surface area contributed by atoms with Crippen LogP contribution in [0.5, 0.6) is 5.75 Å². The lowest BCUT2D eigenvalue weighted by molar-refractivity contribution is -0.137. The van der Waals surface area contributed by atoms with E-state index in [2.05, 4.69) is 20.0 Å². The number of amides is 1. The molecule has 198 valence electrons. The molecule has 1 amide bonds. The normalized spacial score (nSPS) is 11.9. The minimum Gasteiger partial charge on any atom is -0.506 e. The second-order valence-electron chi connectivity index (χ2n) is 8.35. The van der Waals surface area contributed by atoms with Gasteiger partial charge in [0.25, 0.3) is 10.0 Å². The Bertz CT molecular complexity index is 1830. The lowest BCUT2D eigenvalue weighted by Gasteiger charge is -2.17. The Balaban J connectivity index is 1.78. The number of benzene rings is 3. The van der Waals surface area contributed by atoms with Gasteiger partial charge in [0.05, 0.1) is 27.2 Å². The molecule has 0 spiro atoms. The Morgan fingerprint density at radius 3 is 2.18 bits per heavy atom. The van der Waals surface area contributed by atoms with E-state index in [1.54, 1.807) is 0 Å². The van der Waals surface area contributed by atoms with Crippen molar-refractivity contribution < 1.29 is 31.5 Å². The van der Waals surface area contributed by atoms with Crippen molar-refractivity contribution in [3.8, 4) is 16.9 Å². The highest BCUT2D eigenvalue weighted by atomic mass is 32.2. The summed E-state index contributed by atoms with van der Waals surface area (Å²) in [6, 6.07) is 8.70. The van der Waals surface area contributed by atoms with Gasteiger partial charge in [0.15, 0.2) is 0 Å². The highest BCUT2D eigenvalue weighted by Crippen LogP contribution is 2.40. The number of aryl methyl sites for hydroxylation is 1. The molecule has 14 heteroatoms. The first-order chi connectivity index (χ1) is 17.7. The summed E-state index contributed by atoms with van der Waals surface area (Å²) >= 11 is 0. The molecule has 4 rings (SSSR count). The van der Waals surface area contributed by atoms with Crippen LogP contribution < -0.4 is 21.2 Å². The summed E-state index contributed by atoms with van der Waals surface area (Å²) in [5.41, 5.74) is -3.56. The highest BCUT2D eigenvalue weighted by molar-refractivity contribution is 7.92. The van der Waals surface area contributed by atoms with E-state index >= 15 is 0 Å². The average molecular weight is 548 g/mol. The van der Waals surface area contributed by atoms with Crippen LogP contribution in [0.4, 0.5) is 24.5 Å². The topological polar surface area (TPSA) is 161 Å². The first-order valence-corrected chi connectivity index (χ1v) is 12.3. The molecule has 0 aliphatic heterocycles. The van der Waals surface area contributed by atoms with Crippen molar-refractivity contribution in [2.24, 2.45) is 0 Å². The Hall–Kier alpha value is -4.59. The van der Waals surface area contributed by atoms with E-state index in [1.165, 1.54) is 26.0 Å². The van der Waals surface area contributed by atoms with E-state index < -0.39 is 44.5 Å². The molecule has 1 aromatic heterocycles. The minimum atomic E-state index is -4.90. The number of nitrogens with one attached hydrogen (secondary N) is 4. The number of carbonyl (C=O) groups excluding carboxylic acids is 1. The Morgan fingerprint density at radius 2 is 1.58 bits per heavy atom. The largest absolute Gasteiger partial charge is 0.506 e. The molecular weight excluding hydrogens is 529 g/mol. The fraction of sp³-hybridized carbons (Fsp3) is 0.125. The molecule has 0 radical (unpaired) electrons. The van der Waals surface area contributed by atoms with E-state index in [1.807, 2.05) is 0 Å². The van der Waals surface area contributed by atoms with E-state index in [0.29, 0.717) is 6.07 Å². The molecule has 0 aliphatic carbocycles. The van der Waals surface area contributed by atoms with Gasteiger partial charge in [-0.05, 0) is 60.0 Å². The third kappa shape index (κ3) is 5.25. The van der Waals surface area contributed by atoms with Crippen molar-refractivity contribution in [1.82, 2.24) is 9.97 Å². The van der Waals surface area contributed by atoms with Crippen LogP contribution in [0.1, 0.15) is 18.1 Å². The van der Waals surface area contributed by atoms with Crippen molar-refractivity contribution in [2.45, 2.75) is 24.9 Å². The quantitative estimate of drug-likeness (QED) is 0.189. The fourth-order valence-electron chi connectivity index (χ4n) is 3.84. The number of phenolic OH excluding ortho intramolecular Hbond substituents is 1. The number of hydrogen-bond donors (Lipinski definition) is 5. The van der Waals surface area contributed by atoms with Gasteiger partial charge in [0.1, 0.15) is 5.75 Å². The molecule has 4 aromatic rings. The van der Waals surface area contributed by atoms with Crippen molar-refractivity contribution in [3.05, 3.63) is 80.4 Å². The standard InChI is InChI=1S/C24H19F3N4O6S/c1-11-7-17-18(30-23(35)22(34)29-17)10-21(11)38(36,37)31-14-4-5-15(16(9-14)24(25,26)27)13-3-6-20(33)19(8-13)28-12(2)32/h3-10,31,33H,1-2H3,(H,28,32)(H,29,34)(H,30,35). The molecule has 1 heterocycles. The lowest BCUT2D eigenvalue weighted by atomic mass is 9.98. The van der Waals surface area contributed by atoms with Gasteiger partial charge in [0, 0.05) is 12.6 Å². The van der Waals surface area contributed by atoms with Crippen LogP contribution >= 0.6 is 0 Å². The van der Waals surface area contributed by atoms with Crippen molar-refractivity contribution in [3.63, 3.8) is 0 Å². The number of rotatable bonds is 5. The van der Waals surface area contributed by atoms with E-state index in [9.17, 15) is 41.1 Å². The summed E-state index contributed by atoms with van der Waals surface area (Å²) in [7, 11) is -4.44. The van der Waals surface area contributed by atoms with Crippen LogP contribution in [-0.4, -0.2) is 29.4 Å². The number of sulfonamides is 1. The van der Waals surface area contributed by atoms with Gasteiger partial charge in [-0.1, -0.05) is 12.1 Å². The third-order valence-electron chi connectivity index (χ3n) is 5.50. The van der Waals surface area contributed by atoms with Gasteiger partial charge in [-0.25, -0.2) is 8.42 Å². The average Bonchev–Trinajstić information content (AvgIpc) is 2.80. The molecule has 0 atom stereocenters. The van der Waals surface area contributed by atoms with Crippen molar-refractivity contribution in [1.29, 1.82) is 0 Å². The zero-order chi connectivity index (χ0) is 28.0. The molecule has 38 heavy (non-hydrogen) atoms. The predicted octanol–water partition coefficient (Wildman–Crippen LogP) is 3.68. The van der Waals surface area contributed by atoms with Gasteiger partial charge in [-0.15, -0.1) is 0 Å². The number of alkyl halides is 3. The lowest BCUT2D eigenvalue weighted by Crippen LogP contribution is -2.29. The minimum absolute atomic E-state index is 0.00853. The van der Waals surface area contributed by atoms with Crippen molar-refractivity contribution >= 4 is 38.3 Å². The number of halogens is 3. The maximum absolute atomic E-state index is 14.0. The number of aromatic nitrogens is 2. The van der Waals surface area contributed by atoms with Gasteiger partial charge in [-0.3, -0.25) is 19.1 Å². The van der Waals surface area contributed by atoms with Gasteiger partial charge in [0.2, 0.25) is 5.91 Å². The molecule has 5 N–H and O–H groups in total. The zero-order valence-electron chi connectivity index (χ0n) is 19.6. The van der Waals surface area contributed by atoms with Gasteiger partial charge >= 0.3 is 17.3 Å². The van der Waals surface area contributed by atoms with Gasteiger partial charge in [-0.2, -0.15) is 13.2 Å². The summed E-state index contributed by atoms with van der Waals surface area (Å²) in [5, 5.41) is 12.2. The third-order valence-corrected chi connectivity index (χ3v) is 7.03. The SMILES string of the molecule is CC(=O)Nc1cc(-c2ccc(NS(=O)(=O)c3cc4[nH]c(=O)c(=O)[nH]c4cc3C)cc2C(F)(F)F)ccc1O. The van der Waals surface area contributed by atoms with Crippen LogP contribution in [0.2, 0.25) is 0 Å². The number of aromatic amines is 2. The summed E-state index contributed by atoms with van der Waals surface area (Å²) in [6.07, 6.45) is -4.90. The highest BCUT2D eigenvalue weighted by Gasteiger charge is 2.34. The fourth-order valence-corrected chi connectivity index (χ4v) is 5.14.